The maximum atomic E-state index is 13.4. The molecule has 0 heterocycles. The van der Waals surface area contributed by atoms with Crippen LogP contribution in [0, 0.1) is 5.82 Å². The van der Waals surface area contributed by atoms with Crippen LogP contribution in [0.15, 0.2) is 18.2 Å². The highest BCUT2D eigenvalue weighted by molar-refractivity contribution is 5.49. The van der Waals surface area contributed by atoms with Gasteiger partial charge in [0.25, 0.3) is 0 Å². The molecular weight excluding hydrogens is 181 g/mol. The number of halogens is 1. The van der Waals surface area contributed by atoms with Gasteiger partial charge in [0.15, 0.2) is 0 Å². The second-order valence-electron chi connectivity index (χ2n) is 4.22. The normalized spacial score (nSPS) is 11.2. The molecule has 1 N–H and O–H groups in total. The van der Waals surface area contributed by atoms with E-state index in [-0.39, 0.29) is 11.4 Å². The summed E-state index contributed by atoms with van der Waals surface area (Å²) in [6.45, 7) is 5.95. The minimum atomic E-state index is -0.292. The molecule has 0 fully saturated rings. The summed E-state index contributed by atoms with van der Waals surface area (Å²) in [5, 5.41) is 3.07. The second-order valence-corrected chi connectivity index (χ2v) is 4.22. The average molecular weight is 197 g/mol. The summed E-state index contributed by atoms with van der Waals surface area (Å²) in [7, 11) is 1.52. The zero-order valence-electron chi connectivity index (χ0n) is 9.02. The van der Waals surface area contributed by atoms with Crippen molar-refractivity contribution in [3.05, 3.63) is 24.0 Å². The molecule has 0 bridgehead atoms. The van der Waals surface area contributed by atoms with Crippen LogP contribution in [0.2, 0.25) is 0 Å². The van der Waals surface area contributed by atoms with Crippen LogP contribution in [0.5, 0.6) is 5.75 Å². The van der Waals surface area contributed by atoms with Gasteiger partial charge in [-0.25, -0.2) is 4.39 Å². The van der Waals surface area contributed by atoms with Crippen LogP contribution in [-0.2, 0) is 0 Å². The molecule has 0 aromatic heterocycles. The average Bonchev–Trinajstić information content (AvgIpc) is 2.06. The van der Waals surface area contributed by atoms with Gasteiger partial charge in [-0.3, -0.25) is 0 Å². The molecule has 3 heteroatoms. The van der Waals surface area contributed by atoms with E-state index >= 15 is 0 Å². The van der Waals surface area contributed by atoms with E-state index in [2.05, 4.69) is 5.32 Å². The minimum absolute atomic E-state index is 0.143. The smallest absolute Gasteiger partial charge is 0.149 e. The van der Waals surface area contributed by atoms with E-state index in [9.17, 15) is 4.39 Å². The number of anilines is 1. The molecule has 2 nitrogen and oxygen atoms in total. The Labute approximate surface area is 84.1 Å². The molecule has 1 rings (SSSR count). The number of hydrogen-bond donors (Lipinski definition) is 1. The third-order valence-corrected chi connectivity index (χ3v) is 1.69. The van der Waals surface area contributed by atoms with Gasteiger partial charge in [-0.1, -0.05) is 0 Å². The zero-order chi connectivity index (χ0) is 10.8. The summed E-state index contributed by atoms with van der Waals surface area (Å²) < 4.78 is 18.3. The Kier molecular flexibility index (Phi) is 2.99. The lowest BCUT2D eigenvalue weighted by Gasteiger charge is -2.22. The third kappa shape index (κ3) is 2.91. The van der Waals surface area contributed by atoms with Crippen molar-refractivity contribution in [2.24, 2.45) is 0 Å². The number of methoxy groups -OCH3 is 1. The van der Waals surface area contributed by atoms with Gasteiger partial charge in [0, 0.05) is 11.6 Å². The lowest BCUT2D eigenvalue weighted by molar-refractivity contribution is 0.411. The quantitative estimate of drug-likeness (QED) is 0.786. The Morgan fingerprint density at radius 2 is 1.93 bits per heavy atom. The molecule has 1 aromatic rings. The highest BCUT2D eigenvalue weighted by Crippen LogP contribution is 2.22. The van der Waals surface area contributed by atoms with Crippen LogP contribution in [0.25, 0.3) is 0 Å². The minimum Gasteiger partial charge on any atom is -0.497 e. The lowest BCUT2D eigenvalue weighted by Crippen LogP contribution is -2.26. The molecule has 0 aliphatic rings. The van der Waals surface area contributed by atoms with Gasteiger partial charge in [-0.05, 0) is 32.9 Å². The standard InChI is InChI=1S/C11H16FNO/c1-11(2,3)13-10-6-5-8(14-4)7-9(10)12/h5-7,13H,1-4H3. The highest BCUT2D eigenvalue weighted by atomic mass is 19.1. The molecule has 0 atom stereocenters. The lowest BCUT2D eigenvalue weighted by atomic mass is 10.1. The SMILES string of the molecule is COc1ccc(NC(C)(C)C)c(F)c1. The summed E-state index contributed by atoms with van der Waals surface area (Å²) in [6, 6.07) is 4.78. The first kappa shape index (κ1) is 10.8. The Balaban J connectivity index is 2.89. The first-order valence-corrected chi connectivity index (χ1v) is 4.54. The van der Waals surface area contributed by atoms with Gasteiger partial charge in [-0.15, -0.1) is 0 Å². The van der Waals surface area contributed by atoms with Crippen molar-refractivity contribution >= 4 is 5.69 Å². The first-order valence-electron chi connectivity index (χ1n) is 4.54. The fraction of sp³-hybridized carbons (Fsp3) is 0.455. The number of ether oxygens (including phenoxy) is 1. The van der Waals surface area contributed by atoms with Crippen LogP contribution >= 0.6 is 0 Å². The van der Waals surface area contributed by atoms with Gasteiger partial charge in [0.2, 0.25) is 0 Å². The zero-order valence-corrected chi connectivity index (χ0v) is 9.02. The van der Waals surface area contributed by atoms with E-state index in [0.717, 1.165) is 0 Å². The molecule has 0 unspecified atom stereocenters. The van der Waals surface area contributed by atoms with E-state index in [1.54, 1.807) is 12.1 Å². The van der Waals surface area contributed by atoms with Gasteiger partial charge in [0.05, 0.1) is 12.8 Å². The summed E-state index contributed by atoms with van der Waals surface area (Å²) >= 11 is 0. The third-order valence-electron chi connectivity index (χ3n) is 1.69. The van der Waals surface area contributed by atoms with Crippen LogP contribution in [0.4, 0.5) is 10.1 Å². The van der Waals surface area contributed by atoms with Crippen molar-refractivity contribution in [3.8, 4) is 5.75 Å². The molecule has 78 valence electrons. The van der Waals surface area contributed by atoms with E-state index < -0.39 is 0 Å². The van der Waals surface area contributed by atoms with Crippen molar-refractivity contribution in [2.45, 2.75) is 26.3 Å². The molecular formula is C11H16FNO. The van der Waals surface area contributed by atoms with Gasteiger partial charge in [0.1, 0.15) is 11.6 Å². The predicted octanol–water partition coefficient (Wildman–Crippen LogP) is 3.04. The highest BCUT2D eigenvalue weighted by Gasteiger charge is 2.12. The Morgan fingerprint density at radius 1 is 1.29 bits per heavy atom. The van der Waals surface area contributed by atoms with Gasteiger partial charge in [-0.2, -0.15) is 0 Å². The van der Waals surface area contributed by atoms with Crippen molar-refractivity contribution in [3.63, 3.8) is 0 Å². The monoisotopic (exact) mass is 197 g/mol. The van der Waals surface area contributed by atoms with E-state index in [1.165, 1.54) is 13.2 Å². The first-order chi connectivity index (χ1) is 6.42. The number of nitrogens with one attached hydrogen (secondary N) is 1. The molecule has 14 heavy (non-hydrogen) atoms. The van der Waals surface area contributed by atoms with Crippen molar-refractivity contribution in [1.29, 1.82) is 0 Å². The number of rotatable bonds is 2. The molecule has 0 aliphatic carbocycles. The molecule has 0 radical (unpaired) electrons. The second kappa shape index (κ2) is 3.86. The van der Waals surface area contributed by atoms with Gasteiger partial charge >= 0.3 is 0 Å². The fourth-order valence-electron chi connectivity index (χ4n) is 1.13. The maximum absolute atomic E-state index is 13.4. The Hall–Kier alpha value is -1.25. The van der Waals surface area contributed by atoms with Crippen molar-refractivity contribution < 1.29 is 9.13 Å². The molecule has 0 saturated carbocycles. The topological polar surface area (TPSA) is 21.3 Å². The molecule has 0 amide bonds. The summed E-state index contributed by atoms with van der Waals surface area (Å²) in [4.78, 5) is 0. The van der Waals surface area contributed by atoms with Crippen LogP contribution < -0.4 is 10.1 Å². The van der Waals surface area contributed by atoms with E-state index in [0.29, 0.717) is 11.4 Å². The summed E-state index contributed by atoms with van der Waals surface area (Å²) in [5.41, 5.74) is 0.355. The maximum Gasteiger partial charge on any atom is 0.149 e. The fourth-order valence-corrected chi connectivity index (χ4v) is 1.13. The van der Waals surface area contributed by atoms with Crippen LogP contribution in [0.1, 0.15) is 20.8 Å². The van der Waals surface area contributed by atoms with E-state index in [4.69, 9.17) is 4.74 Å². The molecule has 0 spiro atoms. The Bertz CT molecular complexity index is 318. The van der Waals surface area contributed by atoms with Crippen LogP contribution in [0.3, 0.4) is 0 Å². The van der Waals surface area contributed by atoms with Crippen molar-refractivity contribution in [1.82, 2.24) is 0 Å². The van der Waals surface area contributed by atoms with Gasteiger partial charge < -0.3 is 10.1 Å². The summed E-state index contributed by atoms with van der Waals surface area (Å²) in [5.74, 6) is 0.237. The molecule has 0 aliphatic heterocycles. The number of benzene rings is 1. The molecule has 0 saturated heterocycles. The van der Waals surface area contributed by atoms with E-state index in [1.807, 2.05) is 20.8 Å². The largest absolute Gasteiger partial charge is 0.497 e. The van der Waals surface area contributed by atoms with Crippen LogP contribution in [-0.4, -0.2) is 12.6 Å². The number of hydrogen-bond acceptors (Lipinski definition) is 2. The predicted molar refractivity (Wildman–Crippen MR) is 56.3 cm³/mol. The Morgan fingerprint density at radius 3 is 2.36 bits per heavy atom. The summed E-state index contributed by atoms with van der Waals surface area (Å²) in [6.07, 6.45) is 0. The van der Waals surface area contributed by atoms with Crippen molar-refractivity contribution in [2.75, 3.05) is 12.4 Å². The molecule has 1 aromatic carbocycles.